The summed E-state index contributed by atoms with van der Waals surface area (Å²) < 4.78 is 27.6. The fraction of sp³-hybridized carbons (Fsp3) is 0.375. The van der Waals surface area contributed by atoms with E-state index >= 15 is 0 Å². The van der Waals surface area contributed by atoms with Gasteiger partial charge >= 0.3 is 0 Å². The molecule has 0 aliphatic carbocycles. The molecule has 6 heteroatoms. The number of aromatic nitrogens is 1. The maximum atomic E-state index is 11.3. The van der Waals surface area contributed by atoms with Gasteiger partial charge in [-0.25, -0.2) is 13.4 Å². The van der Waals surface area contributed by atoms with Crippen LogP contribution in [0.4, 0.5) is 5.82 Å². The molecular formula is C8H12N2O3S. The Bertz CT molecular complexity index is 428. The number of ether oxygens (including phenoxy) is 1. The average Bonchev–Trinajstić information content (AvgIpc) is 2.15. The van der Waals surface area contributed by atoms with Crippen molar-refractivity contribution in [2.75, 3.05) is 25.7 Å². The van der Waals surface area contributed by atoms with Gasteiger partial charge in [-0.05, 0) is 0 Å². The number of anilines is 1. The minimum absolute atomic E-state index is 0.138. The first-order chi connectivity index (χ1) is 6.49. The maximum absolute atomic E-state index is 11.3. The van der Waals surface area contributed by atoms with Crippen LogP contribution in [0.2, 0.25) is 0 Å². The Balaban J connectivity index is 3.37. The summed E-state index contributed by atoms with van der Waals surface area (Å²) in [4.78, 5) is 4.06. The van der Waals surface area contributed by atoms with Crippen LogP contribution in [0.15, 0.2) is 17.2 Å². The lowest BCUT2D eigenvalue weighted by Gasteiger charge is -2.07. The van der Waals surface area contributed by atoms with Crippen molar-refractivity contribution < 1.29 is 13.2 Å². The van der Waals surface area contributed by atoms with E-state index in [9.17, 15) is 8.42 Å². The normalized spacial score (nSPS) is 11.1. The number of nitrogens with one attached hydrogen (secondary N) is 1. The van der Waals surface area contributed by atoms with E-state index in [1.807, 2.05) is 0 Å². The third-order valence-corrected chi connectivity index (χ3v) is 2.81. The summed E-state index contributed by atoms with van der Waals surface area (Å²) in [5.41, 5.74) is 0. The van der Waals surface area contributed by atoms with E-state index in [0.717, 1.165) is 6.26 Å². The number of rotatable bonds is 3. The Labute approximate surface area is 83.0 Å². The molecule has 5 nitrogen and oxygen atoms in total. The van der Waals surface area contributed by atoms with Crippen molar-refractivity contribution in [3.8, 4) is 5.75 Å². The Hall–Kier alpha value is -1.30. The van der Waals surface area contributed by atoms with E-state index in [2.05, 4.69) is 10.3 Å². The molecule has 0 spiro atoms. The van der Waals surface area contributed by atoms with Crippen molar-refractivity contribution in [2.24, 2.45) is 0 Å². The minimum atomic E-state index is -3.28. The molecule has 0 amide bonds. The van der Waals surface area contributed by atoms with Gasteiger partial charge in [0, 0.05) is 19.4 Å². The molecule has 0 aromatic carbocycles. The van der Waals surface area contributed by atoms with Crippen LogP contribution in [0.1, 0.15) is 0 Å². The number of sulfone groups is 1. The van der Waals surface area contributed by atoms with Crippen LogP contribution in [0, 0.1) is 0 Å². The highest BCUT2D eigenvalue weighted by atomic mass is 32.2. The second kappa shape index (κ2) is 3.83. The van der Waals surface area contributed by atoms with Crippen LogP contribution in [0.3, 0.4) is 0 Å². The van der Waals surface area contributed by atoms with E-state index in [1.165, 1.54) is 19.4 Å². The summed E-state index contributed by atoms with van der Waals surface area (Å²) in [6.45, 7) is 0. The fourth-order valence-electron chi connectivity index (χ4n) is 1.01. The highest BCUT2D eigenvalue weighted by molar-refractivity contribution is 7.90. The van der Waals surface area contributed by atoms with E-state index < -0.39 is 9.84 Å². The zero-order valence-electron chi connectivity index (χ0n) is 8.23. The number of pyridine rings is 1. The van der Waals surface area contributed by atoms with Crippen LogP contribution in [-0.4, -0.2) is 33.8 Å². The maximum Gasteiger partial charge on any atom is 0.179 e. The predicted octanol–water partition coefficient (Wildman–Crippen LogP) is 0.535. The number of hydrogen-bond acceptors (Lipinski definition) is 5. The van der Waals surface area contributed by atoms with E-state index in [1.54, 1.807) is 7.05 Å². The molecule has 0 saturated heterocycles. The van der Waals surface area contributed by atoms with Crippen LogP contribution in [0.5, 0.6) is 5.75 Å². The van der Waals surface area contributed by atoms with Crippen molar-refractivity contribution in [1.29, 1.82) is 0 Å². The molecular weight excluding hydrogens is 204 g/mol. The molecule has 0 saturated carbocycles. The van der Waals surface area contributed by atoms with Crippen LogP contribution < -0.4 is 10.1 Å². The molecule has 1 N–H and O–H groups in total. The zero-order valence-corrected chi connectivity index (χ0v) is 9.05. The van der Waals surface area contributed by atoms with Gasteiger partial charge in [-0.1, -0.05) is 0 Å². The predicted molar refractivity (Wildman–Crippen MR) is 53.4 cm³/mol. The molecule has 78 valence electrons. The molecule has 1 rings (SSSR count). The van der Waals surface area contributed by atoms with Gasteiger partial charge in [0.15, 0.2) is 9.84 Å². The summed E-state index contributed by atoms with van der Waals surface area (Å²) in [6, 6.07) is 1.44. The Morgan fingerprint density at radius 1 is 1.50 bits per heavy atom. The SMILES string of the molecule is CNc1ncc(OC)cc1S(C)(=O)=O. The third-order valence-electron chi connectivity index (χ3n) is 1.70. The monoisotopic (exact) mass is 216 g/mol. The smallest absolute Gasteiger partial charge is 0.179 e. The third kappa shape index (κ3) is 2.14. The van der Waals surface area contributed by atoms with Gasteiger partial charge in [-0.2, -0.15) is 0 Å². The zero-order chi connectivity index (χ0) is 10.8. The summed E-state index contributed by atoms with van der Waals surface area (Å²) in [5, 5.41) is 2.71. The lowest BCUT2D eigenvalue weighted by Crippen LogP contribution is -2.05. The Morgan fingerprint density at radius 3 is 2.57 bits per heavy atom. The number of methoxy groups -OCH3 is 1. The second-order valence-electron chi connectivity index (χ2n) is 2.74. The van der Waals surface area contributed by atoms with Gasteiger partial charge in [0.25, 0.3) is 0 Å². The van der Waals surface area contributed by atoms with Crippen molar-refractivity contribution in [2.45, 2.75) is 4.90 Å². The number of nitrogens with zero attached hydrogens (tertiary/aromatic N) is 1. The van der Waals surface area contributed by atoms with E-state index in [-0.39, 0.29) is 4.90 Å². The first-order valence-electron chi connectivity index (χ1n) is 3.91. The summed E-state index contributed by atoms with van der Waals surface area (Å²) >= 11 is 0. The van der Waals surface area contributed by atoms with Gasteiger partial charge in [-0.15, -0.1) is 0 Å². The minimum Gasteiger partial charge on any atom is -0.495 e. The second-order valence-corrected chi connectivity index (χ2v) is 4.73. The Morgan fingerprint density at radius 2 is 2.14 bits per heavy atom. The van der Waals surface area contributed by atoms with Crippen molar-refractivity contribution in [1.82, 2.24) is 4.98 Å². The summed E-state index contributed by atoms with van der Waals surface area (Å²) in [7, 11) is -0.208. The molecule has 0 bridgehead atoms. The lowest BCUT2D eigenvalue weighted by atomic mass is 10.4. The molecule has 1 aromatic heterocycles. The van der Waals surface area contributed by atoms with Gasteiger partial charge < -0.3 is 10.1 Å². The molecule has 1 heterocycles. The van der Waals surface area contributed by atoms with Gasteiger partial charge in [0.1, 0.15) is 16.5 Å². The molecule has 0 fully saturated rings. The van der Waals surface area contributed by atoms with Crippen molar-refractivity contribution in [3.05, 3.63) is 12.3 Å². The van der Waals surface area contributed by atoms with Gasteiger partial charge in [0.2, 0.25) is 0 Å². The van der Waals surface area contributed by atoms with Gasteiger partial charge in [0.05, 0.1) is 13.3 Å². The topological polar surface area (TPSA) is 68.3 Å². The molecule has 0 unspecified atom stereocenters. The fourth-order valence-corrected chi connectivity index (χ4v) is 1.84. The first-order valence-corrected chi connectivity index (χ1v) is 5.80. The van der Waals surface area contributed by atoms with E-state index in [0.29, 0.717) is 11.6 Å². The lowest BCUT2D eigenvalue weighted by molar-refractivity contribution is 0.411. The van der Waals surface area contributed by atoms with Gasteiger partial charge in [-0.3, -0.25) is 0 Å². The molecule has 0 aliphatic heterocycles. The molecule has 14 heavy (non-hydrogen) atoms. The van der Waals surface area contributed by atoms with Crippen LogP contribution in [-0.2, 0) is 9.84 Å². The molecule has 0 aliphatic rings. The largest absolute Gasteiger partial charge is 0.495 e. The quantitative estimate of drug-likeness (QED) is 0.798. The van der Waals surface area contributed by atoms with Crippen molar-refractivity contribution >= 4 is 15.7 Å². The van der Waals surface area contributed by atoms with Crippen LogP contribution >= 0.6 is 0 Å². The molecule has 0 radical (unpaired) electrons. The highest BCUT2D eigenvalue weighted by Crippen LogP contribution is 2.22. The average molecular weight is 216 g/mol. The number of hydrogen-bond donors (Lipinski definition) is 1. The molecule has 0 atom stereocenters. The standard InChI is InChI=1S/C8H12N2O3S/c1-9-8-7(14(3,11)12)4-6(13-2)5-10-8/h4-5H,1-3H3,(H,9,10). The summed E-state index contributed by atoms with van der Waals surface area (Å²) in [5.74, 6) is 0.748. The summed E-state index contributed by atoms with van der Waals surface area (Å²) in [6.07, 6.45) is 2.59. The van der Waals surface area contributed by atoms with Crippen LogP contribution in [0.25, 0.3) is 0 Å². The highest BCUT2D eigenvalue weighted by Gasteiger charge is 2.14. The van der Waals surface area contributed by atoms with E-state index in [4.69, 9.17) is 4.74 Å². The first kappa shape index (κ1) is 10.8. The Kier molecular flexibility index (Phi) is 2.95. The van der Waals surface area contributed by atoms with Crippen molar-refractivity contribution in [3.63, 3.8) is 0 Å². The molecule has 1 aromatic rings.